The number of rotatable bonds is 6. The molecule has 0 saturated carbocycles. The average Bonchev–Trinajstić information content (AvgIpc) is 2.71. The number of methoxy groups -OCH3 is 1. The zero-order chi connectivity index (χ0) is 20.1. The van der Waals surface area contributed by atoms with Gasteiger partial charge in [0.25, 0.3) is 0 Å². The molecule has 6 heteroatoms. The van der Waals surface area contributed by atoms with Crippen LogP contribution in [-0.2, 0) is 4.79 Å². The summed E-state index contributed by atoms with van der Waals surface area (Å²) < 4.78 is 24.7. The Morgan fingerprint density at radius 3 is 2.86 bits per heavy atom. The number of hydrogen-bond acceptors (Lipinski definition) is 4. The number of carbonyl (C=O) groups excluding carboxylic acids is 1. The highest BCUT2D eigenvalue weighted by atomic mass is 19.1. The van der Waals surface area contributed by atoms with E-state index in [0.29, 0.717) is 12.1 Å². The summed E-state index contributed by atoms with van der Waals surface area (Å²) >= 11 is 0. The summed E-state index contributed by atoms with van der Waals surface area (Å²) in [5, 5.41) is 0. The summed E-state index contributed by atoms with van der Waals surface area (Å²) in [5.74, 6) is 0.391. The third-order valence-corrected chi connectivity index (χ3v) is 4.75. The van der Waals surface area contributed by atoms with Crippen LogP contribution in [0.4, 0.5) is 10.1 Å². The normalized spacial score (nSPS) is 15.9. The van der Waals surface area contributed by atoms with E-state index in [1.165, 1.54) is 25.3 Å². The number of anilines is 1. The molecule has 1 atom stereocenters. The Morgan fingerprint density at radius 2 is 2.14 bits per heavy atom. The van der Waals surface area contributed by atoms with Gasteiger partial charge in [-0.3, -0.25) is 4.79 Å². The van der Waals surface area contributed by atoms with E-state index in [-0.39, 0.29) is 17.8 Å². The molecular weight excluding hydrogens is 359 g/mol. The molecule has 1 amide bonds. The van der Waals surface area contributed by atoms with Gasteiger partial charge in [-0.1, -0.05) is 18.2 Å². The van der Waals surface area contributed by atoms with Gasteiger partial charge in [0.15, 0.2) is 11.6 Å². The van der Waals surface area contributed by atoms with E-state index in [2.05, 4.69) is 11.8 Å². The maximum atomic E-state index is 13.8. The van der Waals surface area contributed by atoms with Gasteiger partial charge >= 0.3 is 0 Å². The zero-order valence-electron chi connectivity index (χ0n) is 16.4. The lowest BCUT2D eigenvalue weighted by Gasteiger charge is -2.37. The molecule has 0 bridgehead atoms. The van der Waals surface area contributed by atoms with Gasteiger partial charge in [0.05, 0.1) is 25.9 Å². The summed E-state index contributed by atoms with van der Waals surface area (Å²) in [6, 6.07) is 12.5. The highest BCUT2D eigenvalue weighted by Gasteiger charge is 2.26. The second kappa shape index (κ2) is 8.78. The standard InChI is InChI=1S/C22H25FN2O3/c1-4-25-15-17(28-21-8-6-5-7-19(21)25)14-24(2)22(26)12-10-16-9-11-20(27-3)18(23)13-16/h5-13,17H,4,14-15H2,1-3H3/b12-10+/t17-/m1/s1. The van der Waals surface area contributed by atoms with Crippen LogP contribution in [0.25, 0.3) is 6.08 Å². The van der Waals surface area contributed by atoms with Gasteiger partial charge in [0.1, 0.15) is 11.9 Å². The van der Waals surface area contributed by atoms with E-state index in [1.807, 2.05) is 24.3 Å². The van der Waals surface area contributed by atoms with Crippen molar-refractivity contribution in [2.75, 3.05) is 38.7 Å². The van der Waals surface area contributed by atoms with Crippen molar-refractivity contribution in [3.63, 3.8) is 0 Å². The molecule has 0 spiro atoms. The maximum absolute atomic E-state index is 13.8. The largest absolute Gasteiger partial charge is 0.494 e. The fourth-order valence-corrected chi connectivity index (χ4v) is 3.25. The van der Waals surface area contributed by atoms with Gasteiger partial charge in [0.2, 0.25) is 5.91 Å². The molecule has 0 aromatic heterocycles. The number of ether oxygens (including phenoxy) is 2. The Kier molecular flexibility index (Phi) is 6.19. The summed E-state index contributed by atoms with van der Waals surface area (Å²) in [7, 11) is 3.15. The monoisotopic (exact) mass is 384 g/mol. The van der Waals surface area contributed by atoms with Gasteiger partial charge in [-0.2, -0.15) is 0 Å². The van der Waals surface area contributed by atoms with E-state index in [1.54, 1.807) is 24.1 Å². The molecule has 28 heavy (non-hydrogen) atoms. The van der Waals surface area contributed by atoms with Gasteiger partial charge in [-0.15, -0.1) is 0 Å². The number of halogens is 1. The lowest BCUT2D eigenvalue weighted by atomic mass is 10.1. The van der Waals surface area contributed by atoms with Crippen LogP contribution in [-0.4, -0.2) is 50.7 Å². The lowest BCUT2D eigenvalue weighted by molar-refractivity contribution is -0.125. The van der Waals surface area contributed by atoms with Crippen molar-refractivity contribution >= 4 is 17.7 Å². The maximum Gasteiger partial charge on any atom is 0.246 e. The molecule has 5 nitrogen and oxygen atoms in total. The smallest absolute Gasteiger partial charge is 0.246 e. The molecule has 2 aromatic rings. The highest BCUT2D eigenvalue weighted by Crippen LogP contribution is 2.32. The van der Waals surface area contributed by atoms with E-state index in [9.17, 15) is 9.18 Å². The molecule has 148 valence electrons. The molecule has 0 unspecified atom stereocenters. The number of nitrogens with zero attached hydrogens (tertiary/aromatic N) is 2. The SMILES string of the molecule is CCN1C[C@@H](CN(C)C(=O)/C=C/c2ccc(OC)c(F)c2)Oc2ccccc21. The first-order valence-corrected chi connectivity index (χ1v) is 9.29. The molecule has 0 radical (unpaired) electrons. The molecule has 1 aliphatic heterocycles. The molecule has 3 rings (SSSR count). The highest BCUT2D eigenvalue weighted by molar-refractivity contribution is 5.91. The van der Waals surface area contributed by atoms with E-state index in [0.717, 1.165) is 24.5 Å². The first kappa shape index (κ1) is 19.7. The van der Waals surface area contributed by atoms with Crippen LogP contribution >= 0.6 is 0 Å². The van der Waals surface area contributed by atoms with Crippen molar-refractivity contribution in [3.8, 4) is 11.5 Å². The van der Waals surface area contributed by atoms with E-state index in [4.69, 9.17) is 9.47 Å². The van der Waals surface area contributed by atoms with Crippen LogP contribution in [0, 0.1) is 5.82 Å². The molecule has 0 fully saturated rings. The van der Waals surface area contributed by atoms with Gasteiger partial charge < -0.3 is 19.3 Å². The summed E-state index contributed by atoms with van der Waals surface area (Å²) in [5.41, 5.74) is 1.68. The number of para-hydroxylation sites is 2. The number of fused-ring (bicyclic) bond motifs is 1. The fraction of sp³-hybridized carbons (Fsp3) is 0.318. The van der Waals surface area contributed by atoms with Crippen molar-refractivity contribution in [2.24, 2.45) is 0 Å². The van der Waals surface area contributed by atoms with Gasteiger partial charge in [-0.05, 0) is 42.8 Å². The van der Waals surface area contributed by atoms with Crippen LogP contribution in [0.5, 0.6) is 11.5 Å². The molecule has 2 aromatic carbocycles. The Morgan fingerprint density at radius 1 is 1.36 bits per heavy atom. The molecule has 1 heterocycles. The third-order valence-electron chi connectivity index (χ3n) is 4.75. The first-order chi connectivity index (χ1) is 13.5. The quantitative estimate of drug-likeness (QED) is 0.714. The van der Waals surface area contributed by atoms with Gasteiger partial charge in [-0.25, -0.2) is 4.39 Å². The Balaban J connectivity index is 1.62. The summed E-state index contributed by atoms with van der Waals surface area (Å²) in [6.07, 6.45) is 2.92. The van der Waals surface area contributed by atoms with Crippen LogP contribution < -0.4 is 14.4 Å². The predicted molar refractivity (Wildman–Crippen MR) is 108 cm³/mol. The van der Waals surface area contributed by atoms with Crippen molar-refractivity contribution in [1.29, 1.82) is 0 Å². The van der Waals surface area contributed by atoms with Crippen LogP contribution in [0.1, 0.15) is 12.5 Å². The Bertz CT molecular complexity index is 869. The van der Waals surface area contributed by atoms with E-state index < -0.39 is 5.82 Å². The van der Waals surface area contributed by atoms with Crippen molar-refractivity contribution < 1.29 is 18.7 Å². The lowest BCUT2D eigenvalue weighted by Crippen LogP contribution is -2.46. The third kappa shape index (κ3) is 4.44. The number of amides is 1. The molecular formula is C22H25FN2O3. The zero-order valence-corrected chi connectivity index (χ0v) is 16.4. The molecule has 0 aliphatic carbocycles. The minimum absolute atomic E-state index is 0.115. The Hall–Kier alpha value is -3.02. The average molecular weight is 384 g/mol. The fourth-order valence-electron chi connectivity index (χ4n) is 3.25. The van der Waals surface area contributed by atoms with Crippen LogP contribution in [0.3, 0.4) is 0 Å². The second-order valence-corrected chi connectivity index (χ2v) is 6.69. The number of benzene rings is 2. The molecule has 0 N–H and O–H groups in total. The van der Waals surface area contributed by atoms with Crippen molar-refractivity contribution in [2.45, 2.75) is 13.0 Å². The first-order valence-electron chi connectivity index (χ1n) is 9.29. The second-order valence-electron chi connectivity index (χ2n) is 6.69. The summed E-state index contributed by atoms with van der Waals surface area (Å²) in [6.45, 7) is 4.16. The topological polar surface area (TPSA) is 42.0 Å². The minimum Gasteiger partial charge on any atom is -0.494 e. The minimum atomic E-state index is -0.459. The molecule has 1 aliphatic rings. The number of hydrogen-bond donors (Lipinski definition) is 0. The van der Waals surface area contributed by atoms with Crippen molar-refractivity contribution in [1.82, 2.24) is 4.90 Å². The summed E-state index contributed by atoms with van der Waals surface area (Å²) in [4.78, 5) is 16.3. The predicted octanol–water partition coefficient (Wildman–Crippen LogP) is 3.59. The van der Waals surface area contributed by atoms with Gasteiger partial charge in [0, 0.05) is 19.7 Å². The van der Waals surface area contributed by atoms with E-state index >= 15 is 0 Å². The van der Waals surface area contributed by atoms with Crippen molar-refractivity contribution in [3.05, 3.63) is 59.9 Å². The van der Waals surface area contributed by atoms with Crippen LogP contribution in [0.15, 0.2) is 48.5 Å². The number of likely N-dealkylation sites (N-methyl/N-ethyl adjacent to an activating group) is 2. The number of carbonyl (C=O) groups is 1. The van der Waals surface area contributed by atoms with Crippen LogP contribution in [0.2, 0.25) is 0 Å². The molecule has 0 saturated heterocycles. The Labute approximate surface area is 165 Å².